The van der Waals surface area contributed by atoms with Crippen LogP contribution in [0.25, 0.3) is 117 Å². The first-order valence-electron chi connectivity index (χ1n) is 21.8. The van der Waals surface area contributed by atoms with Gasteiger partial charge in [0.1, 0.15) is 0 Å². The van der Waals surface area contributed by atoms with Crippen LogP contribution in [0.3, 0.4) is 0 Å². The number of hydrogen-bond donors (Lipinski definition) is 0. The number of hydrogen-bond acceptors (Lipinski definition) is 4. The molecule has 0 unspecified atom stereocenters. The summed E-state index contributed by atoms with van der Waals surface area (Å²) in [6.45, 7) is 0. The number of fused-ring (bicyclic) bond motifs is 8. The first-order chi connectivity index (χ1) is 32.2. The summed E-state index contributed by atoms with van der Waals surface area (Å²) in [5.41, 5.74) is 13.7. The summed E-state index contributed by atoms with van der Waals surface area (Å²) in [5.74, 6) is 1.84. The summed E-state index contributed by atoms with van der Waals surface area (Å²) < 4.78 is 6.79. The SMILES string of the molecule is c1ccc(-c2ccc(-c3nc(-c4ccccc4)nc(-c4cccc(-n5c6ccccc6c6ccc(-n7ncc8c7ccc7c9ccccc9n(-c9ccccc9)c78)cc65)c4)n3)cc2)cc1. The van der Waals surface area contributed by atoms with Crippen LogP contribution in [0.2, 0.25) is 0 Å². The Hall–Kier alpha value is -8.94. The van der Waals surface area contributed by atoms with Crippen molar-refractivity contribution in [3.05, 3.63) is 225 Å². The quantitative estimate of drug-likeness (QED) is 0.160. The molecule has 9 aromatic carbocycles. The Bertz CT molecular complexity index is 3920. The Labute approximate surface area is 373 Å². The highest BCUT2D eigenvalue weighted by atomic mass is 15.3. The zero-order chi connectivity index (χ0) is 42.8. The highest BCUT2D eigenvalue weighted by Gasteiger charge is 2.20. The van der Waals surface area contributed by atoms with Crippen molar-refractivity contribution in [2.75, 3.05) is 0 Å². The standard InChI is InChI=1S/C58H37N7/c1-4-15-38(16-5-1)39-27-29-41(30-28-39)57-60-56(40-17-6-2-7-18-40)61-58(62-57)42-19-14-22-44(35-42)63-51-25-12-10-23-46(51)48-32-31-45(36-54(48)63)65-53-34-33-49-47-24-11-13-26-52(47)64(43-20-8-3-9-21-43)55(49)50(53)37-59-65/h1-37H. The Balaban J connectivity index is 0.957. The van der Waals surface area contributed by atoms with E-state index in [1.165, 1.54) is 21.7 Å². The van der Waals surface area contributed by atoms with Crippen LogP contribution < -0.4 is 0 Å². The normalized spacial score (nSPS) is 11.7. The summed E-state index contributed by atoms with van der Waals surface area (Å²) in [4.78, 5) is 15.3. The van der Waals surface area contributed by atoms with E-state index in [4.69, 9.17) is 20.1 Å². The van der Waals surface area contributed by atoms with Gasteiger partial charge in [0.2, 0.25) is 0 Å². The number of para-hydroxylation sites is 3. The molecule has 0 atom stereocenters. The lowest BCUT2D eigenvalue weighted by Gasteiger charge is -2.12. The molecule has 304 valence electrons. The molecule has 0 bridgehead atoms. The van der Waals surface area contributed by atoms with Crippen LogP contribution >= 0.6 is 0 Å². The lowest BCUT2D eigenvalue weighted by Crippen LogP contribution is -2.01. The topological polar surface area (TPSA) is 66.3 Å². The van der Waals surface area contributed by atoms with Gasteiger partial charge >= 0.3 is 0 Å². The van der Waals surface area contributed by atoms with E-state index in [0.29, 0.717) is 17.5 Å². The van der Waals surface area contributed by atoms with Gasteiger partial charge in [0, 0.05) is 55.0 Å². The molecule has 0 radical (unpaired) electrons. The van der Waals surface area contributed by atoms with E-state index in [9.17, 15) is 0 Å². The molecule has 0 spiro atoms. The molecule has 13 aromatic rings. The molecule has 0 aliphatic carbocycles. The third-order valence-corrected chi connectivity index (χ3v) is 12.6. The maximum atomic E-state index is 5.14. The first kappa shape index (κ1) is 36.7. The van der Waals surface area contributed by atoms with Crippen LogP contribution in [0, 0.1) is 0 Å². The fraction of sp³-hybridized carbons (Fsp3) is 0. The molecule has 0 fully saturated rings. The minimum absolute atomic E-state index is 0.603. The van der Waals surface area contributed by atoms with Crippen molar-refractivity contribution in [3.63, 3.8) is 0 Å². The van der Waals surface area contributed by atoms with Gasteiger partial charge in [-0.25, -0.2) is 19.6 Å². The van der Waals surface area contributed by atoms with Crippen molar-refractivity contribution >= 4 is 54.5 Å². The number of nitrogens with zero attached hydrogens (tertiary/aromatic N) is 7. The Kier molecular flexibility index (Phi) is 8.39. The second-order valence-electron chi connectivity index (χ2n) is 16.4. The van der Waals surface area contributed by atoms with Crippen LogP contribution in [0.1, 0.15) is 0 Å². The number of benzene rings is 9. The van der Waals surface area contributed by atoms with Crippen LogP contribution in [0.15, 0.2) is 225 Å². The monoisotopic (exact) mass is 831 g/mol. The molecule has 4 heterocycles. The van der Waals surface area contributed by atoms with E-state index in [1.807, 2.05) is 42.6 Å². The molecule has 13 rings (SSSR count). The molecule has 0 saturated heterocycles. The third kappa shape index (κ3) is 6.05. The molecular weight excluding hydrogens is 795 g/mol. The van der Waals surface area contributed by atoms with E-state index < -0.39 is 0 Å². The Morgan fingerprint density at radius 2 is 0.785 bits per heavy atom. The van der Waals surface area contributed by atoms with Crippen molar-refractivity contribution < 1.29 is 0 Å². The zero-order valence-electron chi connectivity index (χ0n) is 35.0. The summed E-state index contributed by atoms with van der Waals surface area (Å²) in [5, 5.41) is 10.9. The molecule has 7 nitrogen and oxygen atoms in total. The van der Waals surface area contributed by atoms with Crippen molar-refractivity contribution in [2.45, 2.75) is 0 Å². The van der Waals surface area contributed by atoms with Gasteiger partial charge in [-0.15, -0.1) is 0 Å². The largest absolute Gasteiger partial charge is 0.309 e. The van der Waals surface area contributed by atoms with Crippen molar-refractivity contribution in [2.24, 2.45) is 0 Å². The van der Waals surface area contributed by atoms with E-state index in [2.05, 4.69) is 196 Å². The van der Waals surface area contributed by atoms with Crippen molar-refractivity contribution in [1.82, 2.24) is 33.9 Å². The summed E-state index contributed by atoms with van der Waals surface area (Å²) in [7, 11) is 0. The van der Waals surface area contributed by atoms with Gasteiger partial charge in [0.15, 0.2) is 17.5 Å². The second kappa shape index (κ2) is 14.9. The number of aromatic nitrogens is 7. The summed E-state index contributed by atoms with van der Waals surface area (Å²) >= 11 is 0. The van der Waals surface area contributed by atoms with E-state index in [1.54, 1.807) is 0 Å². The average molecular weight is 832 g/mol. The van der Waals surface area contributed by atoms with Gasteiger partial charge < -0.3 is 9.13 Å². The molecular formula is C58H37N7. The summed E-state index contributed by atoms with van der Waals surface area (Å²) in [6.07, 6.45) is 2.02. The predicted molar refractivity (Wildman–Crippen MR) is 265 cm³/mol. The van der Waals surface area contributed by atoms with Gasteiger partial charge in [0.05, 0.1) is 39.5 Å². The van der Waals surface area contributed by atoms with Gasteiger partial charge in [-0.2, -0.15) is 5.10 Å². The van der Waals surface area contributed by atoms with Crippen molar-refractivity contribution in [1.29, 1.82) is 0 Å². The fourth-order valence-corrected chi connectivity index (χ4v) is 9.56. The highest BCUT2D eigenvalue weighted by Crippen LogP contribution is 2.39. The van der Waals surface area contributed by atoms with E-state index in [0.717, 1.165) is 77.7 Å². The minimum atomic E-state index is 0.603. The van der Waals surface area contributed by atoms with Crippen LogP contribution in [-0.2, 0) is 0 Å². The van der Waals surface area contributed by atoms with Crippen LogP contribution in [-0.4, -0.2) is 33.9 Å². The molecule has 0 N–H and O–H groups in total. The van der Waals surface area contributed by atoms with Gasteiger partial charge in [-0.3, -0.25) is 0 Å². The molecule has 0 saturated carbocycles. The third-order valence-electron chi connectivity index (χ3n) is 12.6. The molecule has 4 aromatic heterocycles. The Morgan fingerprint density at radius 1 is 0.277 bits per heavy atom. The average Bonchev–Trinajstić information content (AvgIpc) is 4.07. The minimum Gasteiger partial charge on any atom is -0.309 e. The van der Waals surface area contributed by atoms with Crippen molar-refractivity contribution in [3.8, 4) is 62.4 Å². The smallest absolute Gasteiger partial charge is 0.164 e. The Morgan fingerprint density at radius 3 is 1.51 bits per heavy atom. The van der Waals surface area contributed by atoms with Gasteiger partial charge in [-0.1, -0.05) is 158 Å². The molecule has 7 heteroatoms. The second-order valence-corrected chi connectivity index (χ2v) is 16.4. The lowest BCUT2D eigenvalue weighted by molar-refractivity contribution is 0.911. The predicted octanol–water partition coefficient (Wildman–Crippen LogP) is 14.1. The van der Waals surface area contributed by atoms with E-state index >= 15 is 0 Å². The molecule has 0 aliphatic heterocycles. The van der Waals surface area contributed by atoms with Gasteiger partial charge in [-0.05, 0) is 71.8 Å². The lowest BCUT2D eigenvalue weighted by atomic mass is 10.0. The maximum Gasteiger partial charge on any atom is 0.164 e. The fourth-order valence-electron chi connectivity index (χ4n) is 9.56. The molecule has 0 amide bonds. The zero-order valence-corrected chi connectivity index (χ0v) is 35.0. The van der Waals surface area contributed by atoms with Gasteiger partial charge in [0.25, 0.3) is 0 Å². The van der Waals surface area contributed by atoms with E-state index in [-0.39, 0.29) is 0 Å². The summed E-state index contributed by atoms with van der Waals surface area (Å²) in [6, 6.07) is 76.5. The number of rotatable bonds is 7. The van der Waals surface area contributed by atoms with Crippen LogP contribution in [0.5, 0.6) is 0 Å². The molecule has 65 heavy (non-hydrogen) atoms. The van der Waals surface area contributed by atoms with Crippen LogP contribution in [0.4, 0.5) is 0 Å². The first-order valence-corrected chi connectivity index (χ1v) is 21.8. The molecule has 0 aliphatic rings. The maximum absolute atomic E-state index is 5.14. The highest BCUT2D eigenvalue weighted by molar-refractivity contribution is 6.18.